The third-order valence-corrected chi connectivity index (χ3v) is 6.03. The first-order valence-electron chi connectivity index (χ1n) is 6.81. The standard InChI is InChI=1S/C16H15IO3/c1-19-15-8-13(17)12(16(9-20-16)14(15)18)7-11(15)10-5-3-2-4-6-10/h2-6,8,11-12H,7,9H2,1H3/t11?,12?,15?,16-/m0/s1. The number of methoxy groups -OCH3 is 1. The molecule has 1 spiro atoms. The Morgan fingerprint density at radius 2 is 2.00 bits per heavy atom. The quantitative estimate of drug-likeness (QED) is 0.584. The van der Waals surface area contributed by atoms with Crippen molar-refractivity contribution in [1.29, 1.82) is 0 Å². The Kier molecular flexibility index (Phi) is 2.69. The molecule has 1 aromatic carbocycles. The van der Waals surface area contributed by atoms with Gasteiger partial charge in [0, 0.05) is 18.9 Å². The van der Waals surface area contributed by atoms with E-state index in [1.807, 2.05) is 24.3 Å². The van der Waals surface area contributed by atoms with Gasteiger partial charge in [-0.15, -0.1) is 0 Å². The summed E-state index contributed by atoms with van der Waals surface area (Å²) < 4.78 is 12.6. The van der Waals surface area contributed by atoms with Crippen LogP contribution in [0.3, 0.4) is 0 Å². The van der Waals surface area contributed by atoms with E-state index in [4.69, 9.17) is 9.47 Å². The number of ketones is 1. The third kappa shape index (κ3) is 1.45. The van der Waals surface area contributed by atoms with Crippen LogP contribution in [0.15, 0.2) is 40.0 Å². The molecule has 0 radical (unpaired) electrons. The lowest BCUT2D eigenvalue weighted by Gasteiger charge is -2.50. The number of rotatable bonds is 2. The monoisotopic (exact) mass is 382 g/mol. The molecule has 20 heavy (non-hydrogen) atoms. The minimum absolute atomic E-state index is 0.0829. The number of hydrogen-bond donors (Lipinski definition) is 0. The van der Waals surface area contributed by atoms with E-state index < -0.39 is 11.2 Å². The zero-order valence-corrected chi connectivity index (χ0v) is 13.3. The summed E-state index contributed by atoms with van der Waals surface area (Å²) in [6.07, 6.45) is 2.94. The molecule has 2 bridgehead atoms. The maximum Gasteiger partial charge on any atom is 0.203 e. The number of hydrogen-bond acceptors (Lipinski definition) is 3. The molecule has 1 aromatic rings. The van der Waals surface area contributed by atoms with Gasteiger partial charge in [-0.25, -0.2) is 0 Å². The van der Waals surface area contributed by atoms with Gasteiger partial charge in [0.15, 0.2) is 11.2 Å². The fourth-order valence-electron chi connectivity index (χ4n) is 3.83. The molecule has 0 aromatic heterocycles. The number of epoxide rings is 1. The van der Waals surface area contributed by atoms with Crippen molar-refractivity contribution in [3.63, 3.8) is 0 Å². The molecule has 1 saturated carbocycles. The van der Waals surface area contributed by atoms with E-state index in [-0.39, 0.29) is 17.6 Å². The number of carbonyl (C=O) groups is 1. The van der Waals surface area contributed by atoms with Crippen molar-refractivity contribution >= 4 is 28.4 Å². The van der Waals surface area contributed by atoms with Crippen molar-refractivity contribution in [2.75, 3.05) is 13.7 Å². The molecule has 0 amide bonds. The van der Waals surface area contributed by atoms with E-state index in [0.717, 1.165) is 6.42 Å². The molecular weight excluding hydrogens is 367 g/mol. The van der Waals surface area contributed by atoms with Crippen LogP contribution in [0, 0.1) is 5.92 Å². The van der Waals surface area contributed by atoms with Crippen LogP contribution in [-0.4, -0.2) is 30.7 Å². The molecule has 0 N–H and O–H groups in total. The predicted octanol–water partition coefficient (Wildman–Crippen LogP) is 2.85. The summed E-state index contributed by atoms with van der Waals surface area (Å²) in [6, 6.07) is 10.2. The lowest BCUT2D eigenvalue weighted by molar-refractivity contribution is -0.153. The van der Waals surface area contributed by atoms with Crippen molar-refractivity contribution in [1.82, 2.24) is 0 Å². The van der Waals surface area contributed by atoms with Gasteiger partial charge in [-0.2, -0.15) is 0 Å². The molecule has 4 heteroatoms. The van der Waals surface area contributed by atoms with Crippen molar-refractivity contribution in [3.8, 4) is 0 Å². The molecule has 3 nitrogen and oxygen atoms in total. The van der Waals surface area contributed by atoms with Crippen LogP contribution in [-0.2, 0) is 14.3 Å². The maximum atomic E-state index is 13.0. The Bertz CT molecular complexity index is 605. The van der Waals surface area contributed by atoms with Crippen molar-refractivity contribution < 1.29 is 14.3 Å². The van der Waals surface area contributed by atoms with Gasteiger partial charge in [0.05, 0.1) is 6.61 Å². The van der Waals surface area contributed by atoms with Crippen LogP contribution in [0.4, 0.5) is 0 Å². The third-order valence-electron chi connectivity index (χ3n) is 4.97. The van der Waals surface area contributed by atoms with E-state index >= 15 is 0 Å². The Morgan fingerprint density at radius 1 is 1.30 bits per heavy atom. The zero-order valence-electron chi connectivity index (χ0n) is 11.1. The minimum Gasteiger partial charge on any atom is -0.365 e. The average molecular weight is 382 g/mol. The van der Waals surface area contributed by atoms with E-state index in [2.05, 4.69) is 34.7 Å². The van der Waals surface area contributed by atoms with Gasteiger partial charge in [-0.3, -0.25) is 4.79 Å². The lowest BCUT2D eigenvalue weighted by Crippen LogP contribution is -2.61. The summed E-state index contributed by atoms with van der Waals surface area (Å²) in [4.78, 5) is 13.0. The first kappa shape index (κ1) is 13.0. The van der Waals surface area contributed by atoms with Crippen LogP contribution >= 0.6 is 22.6 Å². The summed E-state index contributed by atoms with van der Waals surface area (Å²) in [5.41, 5.74) is -0.279. The predicted molar refractivity (Wildman–Crippen MR) is 82.8 cm³/mol. The fraction of sp³-hybridized carbons (Fsp3) is 0.438. The summed E-state index contributed by atoms with van der Waals surface area (Å²) in [7, 11) is 1.63. The molecule has 1 aliphatic heterocycles. The number of fused-ring (bicyclic) bond motifs is 1. The van der Waals surface area contributed by atoms with Crippen LogP contribution in [0.25, 0.3) is 0 Å². The molecule has 5 rings (SSSR count). The van der Waals surface area contributed by atoms with Gasteiger partial charge in [0.1, 0.15) is 0 Å². The Hall–Kier alpha value is -0.720. The second kappa shape index (κ2) is 4.15. The van der Waals surface area contributed by atoms with Gasteiger partial charge in [0.25, 0.3) is 0 Å². The Morgan fingerprint density at radius 3 is 2.60 bits per heavy atom. The van der Waals surface area contributed by atoms with Crippen LogP contribution in [0.5, 0.6) is 0 Å². The molecule has 1 saturated heterocycles. The molecule has 4 atom stereocenters. The van der Waals surface area contributed by atoms with Crippen molar-refractivity contribution in [3.05, 3.63) is 45.6 Å². The highest BCUT2D eigenvalue weighted by Crippen LogP contribution is 2.61. The van der Waals surface area contributed by atoms with Crippen molar-refractivity contribution in [2.24, 2.45) is 5.92 Å². The largest absolute Gasteiger partial charge is 0.365 e. The SMILES string of the molecule is COC12C=C(I)C(CC1c1ccccc1)[C@@]1(CO1)C2=O. The number of halogens is 1. The summed E-state index contributed by atoms with van der Waals surface area (Å²) in [6.45, 7) is 0.545. The highest BCUT2D eigenvalue weighted by atomic mass is 127. The molecule has 3 aliphatic carbocycles. The van der Waals surface area contributed by atoms with Gasteiger partial charge in [-0.1, -0.05) is 30.3 Å². The summed E-state index contributed by atoms with van der Waals surface area (Å²) in [5, 5.41) is 0. The second-order valence-electron chi connectivity index (χ2n) is 5.79. The van der Waals surface area contributed by atoms with Crippen LogP contribution in [0.1, 0.15) is 17.9 Å². The topological polar surface area (TPSA) is 38.8 Å². The van der Waals surface area contributed by atoms with Gasteiger partial charge >= 0.3 is 0 Å². The van der Waals surface area contributed by atoms with Gasteiger partial charge < -0.3 is 9.47 Å². The van der Waals surface area contributed by atoms with E-state index in [1.165, 1.54) is 9.14 Å². The molecule has 104 valence electrons. The zero-order chi connectivity index (χ0) is 14.0. The maximum absolute atomic E-state index is 13.0. The number of benzene rings is 1. The normalized spacial score (nSPS) is 41.9. The highest BCUT2D eigenvalue weighted by Gasteiger charge is 2.72. The number of carbonyl (C=O) groups excluding carboxylic acids is 1. The smallest absolute Gasteiger partial charge is 0.203 e. The lowest BCUT2D eigenvalue weighted by atomic mass is 9.58. The highest BCUT2D eigenvalue weighted by molar-refractivity contribution is 14.1. The number of Topliss-reactive ketones (excluding diaryl/α,β-unsaturated/α-hetero) is 1. The summed E-state index contributed by atoms with van der Waals surface area (Å²) >= 11 is 2.34. The first-order valence-corrected chi connectivity index (χ1v) is 7.89. The van der Waals surface area contributed by atoms with Gasteiger partial charge in [0.2, 0.25) is 5.78 Å². The van der Waals surface area contributed by atoms with Crippen LogP contribution in [0.2, 0.25) is 0 Å². The average Bonchev–Trinajstić information content (AvgIpc) is 3.26. The van der Waals surface area contributed by atoms with Crippen LogP contribution < -0.4 is 0 Å². The molecule has 3 unspecified atom stereocenters. The number of ether oxygens (including phenoxy) is 2. The Balaban J connectivity index is 1.87. The molecular formula is C16H15IO3. The molecule has 2 fully saturated rings. The fourth-order valence-corrected chi connectivity index (χ4v) is 5.05. The second-order valence-corrected chi connectivity index (χ2v) is 7.03. The van der Waals surface area contributed by atoms with E-state index in [1.54, 1.807) is 7.11 Å². The molecule has 1 heterocycles. The van der Waals surface area contributed by atoms with E-state index in [9.17, 15) is 4.79 Å². The van der Waals surface area contributed by atoms with Gasteiger partial charge in [-0.05, 0) is 44.2 Å². The minimum atomic E-state index is -0.858. The summed E-state index contributed by atoms with van der Waals surface area (Å²) in [5.74, 6) is 0.385. The molecule has 4 aliphatic rings. The van der Waals surface area contributed by atoms with Crippen molar-refractivity contribution in [2.45, 2.75) is 23.5 Å². The van der Waals surface area contributed by atoms with E-state index in [0.29, 0.717) is 6.61 Å². The first-order chi connectivity index (χ1) is 9.64. The Labute approximate surface area is 131 Å².